The molecule has 1 heterocycles. The molecule has 1 aromatic rings. The molecule has 0 spiro atoms. The lowest BCUT2D eigenvalue weighted by Gasteiger charge is -2.35. The smallest absolute Gasteiger partial charge is 0.407 e. The topological polar surface area (TPSA) is 91.0 Å². The maximum absolute atomic E-state index is 12.8. The number of benzene rings is 1. The van der Waals surface area contributed by atoms with Gasteiger partial charge in [0.15, 0.2) is 0 Å². The molecule has 3 amide bonds. The van der Waals surface area contributed by atoms with Crippen LogP contribution in [-0.2, 0) is 16.1 Å². The number of ether oxygens (including phenoxy) is 1. The van der Waals surface area contributed by atoms with Crippen molar-refractivity contribution in [2.75, 3.05) is 32.7 Å². The maximum atomic E-state index is 12.8. The van der Waals surface area contributed by atoms with Gasteiger partial charge in [0, 0.05) is 43.8 Å². The number of carbonyl (C=O) groups excluding carboxylic acids is 3. The van der Waals surface area contributed by atoms with Crippen molar-refractivity contribution in [1.82, 2.24) is 20.4 Å². The van der Waals surface area contributed by atoms with Crippen LogP contribution < -0.4 is 10.6 Å². The van der Waals surface area contributed by atoms with Gasteiger partial charge in [-0.25, -0.2) is 4.79 Å². The molecule has 0 aromatic heterocycles. The Morgan fingerprint density at radius 1 is 0.935 bits per heavy atom. The second kappa shape index (κ2) is 10.1. The van der Waals surface area contributed by atoms with Crippen LogP contribution in [0.15, 0.2) is 24.3 Å². The quantitative estimate of drug-likeness (QED) is 0.746. The van der Waals surface area contributed by atoms with E-state index in [2.05, 4.69) is 15.5 Å². The van der Waals surface area contributed by atoms with Crippen LogP contribution in [0.3, 0.4) is 0 Å². The first-order chi connectivity index (χ1) is 14.3. The van der Waals surface area contributed by atoms with E-state index in [1.807, 2.05) is 58.6 Å². The van der Waals surface area contributed by atoms with Gasteiger partial charge in [0.1, 0.15) is 5.60 Å². The predicted octanol–water partition coefficient (Wildman–Crippen LogP) is 2.38. The van der Waals surface area contributed by atoms with Crippen molar-refractivity contribution in [2.24, 2.45) is 0 Å². The molecule has 0 bridgehead atoms. The molecule has 0 aliphatic carbocycles. The molecule has 1 aliphatic heterocycles. The van der Waals surface area contributed by atoms with Crippen LogP contribution in [0.2, 0.25) is 0 Å². The maximum Gasteiger partial charge on any atom is 0.407 e. The summed E-state index contributed by atoms with van der Waals surface area (Å²) < 4.78 is 5.22. The van der Waals surface area contributed by atoms with Gasteiger partial charge in [-0.2, -0.15) is 0 Å². The van der Waals surface area contributed by atoms with Gasteiger partial charge in [-0.05, 0) is 59.2 Å². The van der Waals surface area contributed by atoms with Crippen molar-refractivity contribution in [3.05, 3.63) is 35.4 Å². The molecule has 2 N–H and O–H groups in total. The molecule has 8 heteroatoms. The van der Waals surface area contributed by atoms with Gasteiger partial charge >= 0.3 is 6.09 Å². The van der Waals surface area contributed by atoms with E-state index in [1.54, 1.807) is 12.1 Å². The number of nitrogens with one attached hydrogen (secondary N) is 2. The van der Waals surface area contributed by atoms with Crippen molar-refractivity contribution in [1.29, 1.82) is 0 Å². The van der Waals surface area contributed by atoms with E-state index in [1.165, 1.54) is 0 Å². The number of amides is 3. The van der Waals surface area contributed by atoms with Gasteiger partial charge in [-0.1, -0.05) is 12.1 Å². The van der Waals surface area contributed by atoms with E-state index in [9.17, 15) is 14.4 Å². The molecule has 0 unspecified atom stereocenters. The number of hydrogen-bond acceptors (Lipinski definition) is 5. The number of alkyl carbamates (subject to hydrolysis) is 1. The zero-order valence-electron chi connectivity index (χ0n) is 19.6. The van der Waals surface area contributed by atoms with Crippen LogP contribution in [-0.4, -0.2) is 71.6 Å². The molecule has 0 atom stereocenters. The average molecular weight is 433 g/mol. The molecular weight excluding hydrogens is 396 g/mol. The summed E-state index contributed by atoms with van der Waals surface area (Å²) in [4.78, 5) is 40.5. The Hall–Kier alpha value is -2.61. The van der Waals surface area contributed by atoms with Gasteiger partial charge in [-0.15, -0.1) is 0 Å². The van der Waals surface area contributed by atoms with Crippen LogP contribution in [0.4, 0.5) is 4.79 Å². The fourth-order valence-corrected chi connectivity index (χ4v) is 3.21. The monoisotopic (exact) mass is 432 g/mol. The van der Waals surface area contributed by atoms with Crippen LogP contribution in [0.5, 0.6) is 0 Å². The summed E-state index contributed by atoms with van der Waals surface area (Å²) in [6, 6.07) is 7.21. The van der Waals surface area contributed by atoms with E-state index in [-0.39, 0.29) is 17.4 Å². The Bertz CT molecular complexity index is 770. The normalized spacial score (nSPS) is 15.4. The minimum Gasteiger partial charge on any atom is -0.444 e. The number of nitrogens with zero attached hydrogens (tertiary/aromatic N) is 2. The molecule has 1 aliphatic rings. The van der Waals surface area contributed by atoms with E-state index in [0.717, 1.165) is 5.56 Å². The van der Waals surface area contributed by atoms with E-state index in [0.29, 0.717) is 44.8 Å². The predicted molar refractivity (Wildman–Crippen MR) is 120 cm³/mol. The van der Waals surface area contributed by atoms with E-state index in [4.69, 9.17) is 4.74 Å². The van der Waals surface area contributed by atoms with Gasteiger partial charge in [-0.3, -0.25) is 14.5 Å². The molecule has 31 heavy (non-hydrogen) atoms. The van der Waals surface area contributed by atoms with Gasteiger partial charge < -0.3 is 20.3 Å². The molecule has 0 radical (unpaired) electrons. The second-order valence-electron chi connectivity index (χ2n) is 9.92. The molecule has 1 saturated heterocycles. The third-order valence-corrected chi connectivity index (χ3v) is 4.58. The van der Waals surface area contributed by atoms with Crippen molar-refractivity contribution < 1.29 is 19.1 Å². The number of piperazine rings is 1. The summed E-state index contributed by atoms with van der Waals surface area (Å²) in [5.74, 6) is -0.0201. The minimum absolute atomic E-state index is 0.00264. The lowest BCUT2D eigenvalue weighted by atomic mass is 10.1. The first-order valence-electron chi connectivity index (χ1n) is 10.7. The Labute approximate surface area is 185 Å². The van der Waals surface area contributed by atoms with Crippen molar-refractivity contribution in [3.63, 3.8) is 0 Å². The Balaban J connectivity index is 1.80. The molecule has 1 aromatic carbocycles. The van der Waals surface area contributed by atoms with Crippen LogP contribution in [0, 0.1) is 0 Å². The van der Waals surface area contributed by atoms with E-state index >= 15 is 0 Å². The van der Waals surface area contributed by atoms with E-state index < -0.39 is 11.7 Å². The first-order valence-corrected chi connectivity index (χ1v) is 10.7. The SMILES string of the molecule is CC(C)(C)NC(=O)CN1CCN(C(=O)c2ccc(CNC(=O)OC(C)(C)C)cc2)CC1. The minimum atomic E-state index is -0.541. The number of rotatable bonds is 5. The van der Waals surface area contributed by atoms with Gasteiger partial charge in [0.25, 0.3) is 5.91 Å². The summed E-state index contributed by atoms with van der Waals surface area (Å²) >= 11 is 0. The highest BCUT2D eigenvalue weighted by Crippen LogP contribution is 2.12. The third-order valence-electron chi connectivity index (χ3n) is 4.58. The van der Waals surface area contributed by atoms with Crippen molar-refractivity contribution in [2.45, 2.75) is 59.2 Å². The summed E-state index contributed by atoms with van der Waals surface area (Å²) in [5, 5.41) is 5.67. The highest BCUT2D eigenvalue weighted by molar-refractivity contribution is 5.94. The second-order valence-corrected chi connectivity index (χ2v) is 9.92. The standard InChI is InChI=1S/C23H36N4O4/c1-22(2,3)25-19(28)16-26-11-13-27(14-12-26)20(29)18-9-7-17(8-10-18)15-24-21(30)31-23(4,5)6/h7-10H,11-16H2,1-6H3,(H,24,30)(H,25,28). The Morgan fingerprint density at radius 2 is 1.52 bits per heavy atom. The van der Waals surface area contributed by atoms with Crippen molar-refractivity contribution >= 4 is 17.9 Å². The molecule has 8 nitrogen and oxygen atoms in total. The zero-order valence-corrected chi connectivity index (χ0v) is 19.6. The summed E-state index contributed by atoms with van der Waals surface area (Å²) in [6.07, 6.45) is -0.471. The molecule has 0 saturated carbocycles. The molecule has 2 rings (SSSR count). The lowest BCUT2D eigenvalue weighted by Crippen LogP contribution is -2.52. The highest BCUT2D eigenvalue weighted by Gasteiger charge is 2.24. The van der Waals surface area contributed by atoms with Crippen molar-refractivity contribution in [3.8, 4) is 0 Å². The fraction of sp³-hybridized carbons (Fsp3) is 0.609. The molecule has 172 valence electrons. The lowest BCUT2D eigenvalue weighted by molar-refractivity contribution is -0.124. The van der Waals surface area contributed by atoms with Crippen LogP contribution in [0.25, 0.3) is 0 Å². The van der Waals surface area contributed by atoms with Gasteiger partial charge in [0.05, 0.1) is 6.54 Å². The summed E-state index contributed by atoms with van der Waals surface area (Å²) in [6.45, 7) is 14.5. The third kappa shape index (κ3) is 8.96. The van der Waals surface area contributed by atoms with Crippen LogP contribution >= 0.6 is 0 Å². The number of carbonyl (C=O) groups is 3. The zero-order chi connectivity index (χ0) is 23.2. The van der Waals surface area contributed by atoms with Crippen LogP contribution in [0.1, 0.15) is 57.5 Å². The van der Waals surface area contributed by atoms with Gasteiger partial charge in [0.2, 0.25) is 5.91 Å². The average Bonchev–Trinajstić information content (AvgIpc) is 2.64. The number of hydrogen-bond donors (Lipinski definition) is 2. The first kappa shape index (κ1) is 24.7. The fourth-order valence-electron chi connectivity index (χ4n) is 3.21. The Morgan fingerprint density at radius 3 is 2.03 bits per heavy atom. The molecular formula is C23H36N4O4. The summed E-state index contributed by atoms with van der Waals surface area (Å²) in [5.41, 5.74) is 0.710. The highest BCUT2D eigenvalue weighted by atomic mass is 16.6. The Kier molecular flexibility index (Phi) is 8.06. The molecule has 1 fully saturated rings. The largest absolute Gasteiger partial charge is 0.444 e. The summed E-state index contributed by atoms with van der Waals surface area (Å²) in [7, 11) is 0.